The van der Waals surface area contributed by atoms with Crippen LogP contribution in [-0.4, -0.2) is 38.1 Å². The Balaban J connectivity index is 2.32. The maximum atomic E-state index is 14.0. The number of hydrogen-bond donors (Lipinski definition) is 1. The zero-order chi connectivity index (χ0) is 15.8. The molecule has 0 spiro atoms. The molecule has 1 fully saturated rings. The Hall–Kier alpha value is -1.50. The number of nitrogen functional groups attached to an aromatic ring is 1. The largest absolute Gasteiger partial charge is 0.418 e. The molecule has 118 valence electrons. The van der Waals surface area contributed by atoms with E-state index in [1.165, 1.54) is 4.90 Å². The van der Waals surface area contributed by atoms with Gasteiger partial charge in [-0.15, -0.1) is 0 Å². The molecule has 3 nitrogen and oxygen atoms in total. The first-order valence-corrected chi connectivity index (χ1v) is 6.77. The molecular weight excluding hydrogens is 286 g/mol. The number of hydrogen-bond acceptors (Lipinski definition) is 3. The van der Waals surface area contributed by atoms with Crippen molar-refractivity contribution in [3.8, 4) is 0 Å². The Morgan fingerprint density at radius 3 is 2.24 bits per heavy atom. The van der Waals surface area contributed by atoms with Gasteiger partial charge >= 0.3 is 6.18 Å². The Morgan fingerprint density at radius 1 is 1.19 bits per heavy atom. The fourth-order valence-electron chi connectivity index (χ4n) is 2.76. The van der Waals surface area contributed by atoms with Gasteiger partial charge in [-0.3, -0.25) is 0 Å². The highest BCUT2D eigenvalue weighted by Gasteiger charge is 2.37. The van der Waals surface area contributed by atoms with Crippen LogP contribution in [0.5, 0.6) is 0 Å². The highest BCUT2D eigenvalue weighted by Crippen LogP contribution is 2.40. The van der Waals surface area contributed by atoms with Crippen molar-refractivity contribution < 1.29 is 17.6 Å². The summed E-state index contributed by atoms with van der Waals surface area (Å²) >= 11 is 0. The molecule has 1 aromatic carbocycles. The molecule has 1 heterocycles. The molecule has 1 aliphatic heterocycles. The molecule has 0 aliphatic carbocycles. The first-order valence-electron chi connectivity index (χ1n) is 6.77. The summed E-state index contributed by atoms with van der Waals surface area (Å²) in [6, 6.07) is 2.06. The van der Waals surface area contributed by atoms with Crippen LogP contribution < -0.4 is 10.6 Å². The topological polar surface area (TPSA) is 32.5 Å². The second kappa shape index (κ2) is 5.71. The molecule has 0 unspecified atom stereocenters. The van der Waals surface area contributed by atoms with Gasteiger partial charge in [0.15, 0.2) is 0 Å². The van der Waals surface area contributed by atoms with E-state index >= 15 is 0 Å². The summed E-state index contributed by atoms with van der Waals surface area (Å²) in [5.41, 5.74) is 3.76. The number of anilines is 2. The molecule has 1 saturated heterocycles. The Bertz CT molecular complexity index is 506. The Kier molecular flexibility index (Phi) is 4.32. The van der Waals surface area contributed by atoms with Crippen LogP contribution in [0.4, 0.5) is 28.9 Å². The predicted octanol–water partition coefficient (Wildman–Crippen LogP) is 2.96. The second-order valence-electron chi connectivity index (χ2n) is 5.58. The molecular formula is C14H19F4N3. The first-order chi connectivity index (χ1) is 9.70. The van der Waals surface area contributed by atoms with Crippen molar-refractivity contribution in [3.05, 3.63) is 23.5 Å². The standard InChI is InChI=1S/C14H19F4N3/c1-20(2)10-3-5-21(6-4-10)13-11(14(16,17)18)7-9(19)8-12(13)15/h7-8,10H,3-6,19H2,1-2H3. The van der Waals surface area contributed by atoms with Gasteiger partial charge in [0.25, 0.3) is 0 Å². The molecule has 1 aliphatic rings. The molecule has 0 radical (unpaired) electrons. The highest BCUT2D eigenvalue weighted by molar-refractivity contribution is 5.62. The van der Waals surface area contributed by atoms with E-state index in [1.54, 1.807) is 0 Å². The van der Waals surface area contributed by atoms with E-state index in [4.69, 9.17) is 5.73 Å². The average Bonchev–Trinajstić information content (AvgIpc) is 2.37. The van der Waals surface area contributed by atoms with Gasteiger partial charge in [0.05, 0.1) is 11.3 Å². The van der Waals surface area contributed by atoms with Gasteiger partial charge in [0.2, 0.25) is 0 Å². The molecule has 7 heteroatoms. The summed E-state index contributed by atoms with van der Waals surface area (Å²) in [5.74, 6) is -0.911. The van der Waals surface area contributed by atoms with Gasteiger partial charge in [-0.25, -0.2) is 4.39 Å². The third-order valence-electron chi connectivity index (χ3n) is 3.90. The number of halogens is 4. The molecule has 0 bridgehead atoms. The molecule has 0 aromatic heterocycles. The van der Waals surface area contributed by atoms with E-state index in [1.807, 2.05) is 19.0 Å². The molecule has 21 heavy (non-hydrogen) atoms. The summed E-state index contributed by atoms with van der Waals surface area (Å²) in [4.78, 5) is 3.51. The van der Waals surface area contributed by atoms with Crippen molar-refractivity contribution in [2.24, 2.45) is 0 Å². The summed E-state index contributed by atoms with van der Waals surface area (Å²) < 4.78 is 53.4. The summed E-state index contributed by atoms with van der Waals surface area (Å²) in [7, 11) is 3.87. The van der Waals surface area contributed by atoms with Crippen LogP contribution in [0.1, 0.15) is 18.4 Å². The smallest absolute Gasteiger partial charge is 0.399 e. The third kappa shape index (κ3) is 3.40. The van der Waals surface area contributed by atoms with Crippen molar-refractivity contribution in [1.29, 1.82) is 0 Å². The van der Waals surface area contributed by atoms with Crippen molar-refractivity contribution in [2.75, 3.05) is 37.8 Å². The Morgan fingerprint density at radius 2 is 1.76 bits per heavy atom. The number of benzene rings is 1. The number of nitrogens with zero attached hydrogens (tertiary/aromatic N) is 2. The van der Waals surface area contributed by atoms with Crippen molar-refractivity contribution in [2.45, 2.75) is 25.1 Å². The summed E-state index contributed by atoms with van der Waals surface area (Å²) in [6.45, 7) is 0.791. The van der Waals surface area contributed by atoms with Crippen LogP contribution in [0.2, 0.25) is 0 Å². The lowest BCUT2D eigenvalue weighted by Gasteiger charge is -2.37. The lowest BCUT2D eigenvalue weighted by atomic mass is 10.0. The van der Waals surface area contributed by atoms with Crippen LogP contribution in [0.25, 0.3) is 0 Å². The van der Waals surface area contributed by atoms with E-state index in [0.29, 0.717) is 32.0 Å². The van der Waals surface area contributed by atoms with Crippen LogP contribution in [0.3, 0.4) is 0 Å². The normalized spacial score (nSPS) is 17.6. The van der Waals surface area contributed by atoms with Crippen LogP contribution in [0, 0.1) is 5.82 Å². The molecule has 0 saturated carbocycles. The van der Waals surface area contributed by atoms with Gasteiger partial charge in [-0.05, 0) is 39.1 Å². The van der Waals surface area contributed by atoms with E-state index in [0.717, 1.165) is 12.1 Å². The van der Waals surface area contributed by atoms with Gasteiger partial charge in [-0.1, -0.05) is 0 Å². The fraction of sp³-hybridized carbons (Fsp3) is 0.571. The molecule has 0 atom stereocenters. The highest BCUT2D eigenvalue weighted by atomic mass is 19.4. The lowest BCUT2D eigenvalue weighted by molar-refractivity contribution is -0.137. The molecule has 1 aromatic rings. The minimum atomic E-state index is -4.62. The van der Waals surface area contributed by atoms with Crippen LogP contribution >= 0.6 is 0 Å². The van der Waals surface area contributed by atoms with Crippen molar-refractivity contribution in [3.63, 3.8) is 0 Å². The monoisotopic (exact) mass is 305 g/mol. The Labute approximate surface area is 121 Å². The van der Waals surface area contributed by atoms with E-state index < -0.39 is 17.6 Å². The van der Waals surface area contributed by atoms with E-state index in [2.05, 4.69) is 0 Å². The minimum Gasteiger partial charge on any atom is -0.399 e. The van der Waals surface area contributed by atoms with E-state index in [-0.39, 0.29) is 11.4 Å². The zero-order valence-corrected chi connectivity index (χ0v) is 12.0. The summed E-state index contributed by atoms with van der Waals surface area (Å²) in [6.07, 6.45) is -3.22. The molecule has 0 amide bonds. The second-order valence-corrected chi connectivity index (χ2v) is 5.58. The maximum absolute atomic E-state index is 14.0. The zero-order valence-electron chi connectivity index (χ0n) is 12.0. The predicted molar refractivity (Wildman–Crippen MR) is 74.7 cm³/mol. The van der Waals surface area contributed by atoms with Gasteiger partial charge in [0, 0.05) is 24.8 Å². The van der Waals surface area contributed by atoms with Crippen LogP contribution in [0.15, 0.2) is 12.1 Å². The maximum Gasteiger partial charge on any atom is 0.418 e. The number of alkyl halides is 3. The summed E-state index contributed by atoms with van der Waals surface area (Å²) in [5, 5.41) is 0. The first kappa shape index (κ1) is 15.9. The van der Waals surface area contributed by atoms with Gasteiger partial charge in [0.1, 0.15) is 5.82 Å². The lowest BCUT2D eigenvalue weighted by Crippen LogP contribution is -2.42. The van der Waals surface area contributed by atoms with Crippen LogP contribution in [-0.2, 0) is 6.18 Å². The quantitative estimate of drug-likeness (QED) is 0.673. The average molecular weight is 305 g/mol. The SMILES string of the molecule is CN(C)C1CCN(c2c(F)cc(N)cc2C(F)(F)F)CC1. The molecule has 2 N–H and O–H groups in total. The van der Waals surface area contributed by atoms with E-state index in [9.17, 15) is 17.6 Å². The fourth-order valence-corrected chi connectivity index (χ4v) is 2.76. The third-order valence-corrected chi connectivity index (χ3v) is 3.90. The van der Waals surface area contributed by atoms with Crippen molar-refractivity contribution >= 4 is 11.4 Å². The molecule has 2 rings (SSSR count). The van der Waals surface area contributed by atoms with Crippen molar-refractivity contribution in [1.82, 2.24) is 4.90 Å². The van der Waals surface area contributed by atoms with Gasteiger partial charge < -0.3 is 15.5 Å². The minimum absolute atomic E-state index is 0.216. The van der Waals surface area contributed by atoms with Gasteiger partial charge in [-0.2, -0.15) is 13.2 Å². The number of nitrogens with two attached hydrogens (primary N) is 1. The number of piperidine rings is 1. The number of rotatable bonds is 2.